The van der Waals surface area contributed by atoms with E-state index in [0.29, 0.717) is 11.7 Å². The maximum atomic E-state index is 11.0. The number of nitrogens with zero attached hydrogens (tertiary/aromatic N) is 2. The lowest BCUT2D eigenvalue weighted by Crippen LogP contribution is -2.38. The molecule has 0 radical (unpaired) electrons. The number of nitro benzene ring substituents is 1. The molecule has 5 heteroatoms. The number of likely N-dealkylation sites (tertiary alicyclic amines) is 1. The van der Waals surface area contributed by atoms with Crippen LogP contribution in [0.4, 0.5) is 11.4 Å². The summed E-state index contributed by atoms with van der Waals surface area (Å²) in [5.41, 5.74) is 1.83. The number of anilines is 1. The van der Waals surface area contributed by atoms with Crippen LogP contribution in [0, 0.1) is 17.0 Å². The summed E-state index contributed by atoms with van der Waals surface area (Å²) in [4.78, 5) is 13.2. The largest absolute Gasteiger partial charge is 0.379 e. The Balaban J connectivity index is 1.83. The van der Waals surface area contributed by atoms with Gasteiger partial charge in [-0.3, -0.25) is 10.1 Å². The lowest BCUT2D eigenvalue weighted by atomic mass is 10.0. The van der Waals surface area contributed by atoms with Crippen LogP contribution < -0.4 is 5.32 Å². The second kappa shape index (κ2) is 7.41. The molecule has 0 aliphatic carbocycles. The fourth-order valence-electron chi connectivity index (χ4n) is 2.95. The number of nitrogens with one attached hydrogen (secondary N) is 1. The molecule has 1 fully saturated rings. The minimum Gasteiger partial charge on any atom is -0.379 e. The van der Waals surface area contributed by atoms with Crippen molar-refractivity contribution in [1.29, 1.82) is 0 Å². The van der Waals surface area contributed by atoms with E-state index >= 15 is 0 Å². The normalized spacial score (nSPS) is 19.4. The molecule has 1 aliphatic heterocycles. The molecule has 0 bridgehead atoms. The van der Waals surface area contributed by atoms with Crippen LogP contribution in [-0.4, -0.2) is 35.5 Å². The zero-order chi connectivity index (χ0) is 15.2. The molecule has 0 spiro atoms. The number of nitro groups is 1. The summed E-state index contributed by atoms with van der Waals surface area (Å²) in [6, 6.07) is 5.87. The molecule has 1 aliphatic rings. The highest BCUT2D eigenvalue weighted by atomic mass is 16.6. The first kappa shape index (κ1) is 15.8. The van der Waals surface area contributed by atoms with E-state index in [1.807, 2.05) is 13.0 Å². The van der Waals surface area contributed by atoms with E-state index < -0.39 is 0 Å². The number of hydrogen-bond acceptors (Lipinski definition) is 4. The van der Waals surface area contributed by atoms with Crippen molar-refractivity contribution in [1.82, 2.24) is 4.90 Å². The van der Waals surface area contributed by atoms with Crippen LogP contribution in [0.25, 0.3) is 0 Å². The molecule has 1 aromatic carbocycles. The quantitative estimate of drug-likeness (QED) is 0.494. The summed E-state index contributed by atoms with van der Waals surface area (Å²) >= 11 is 0. The van der Waals surface area contributed by atoms with E-state index in [1.165, 1.54) is 25.8 Å². The van der Waals surface area contributed by atoms with Crippen LogP contribution in [0.5, 0.6) is 0 Å². The Morgan fingerprint density at radius 1 is 1.43 bits per heavy atom. The van der Waals surface area contributed by atoms with E-state index in [1.54, 1.807) is 12.1 Å². The average Bonchev–Trinajstić information content (AvgIpc) is 2.45. The van der Waals surface area contributed by atoms with Gasteiger partial charge < -0.3 is 10.2 Å². The van der Waals surface area contributed by atoms with Gasteiger partial charge in [0.15, 0.2) is 0 Å². The van der Waals surface area contributed by atoms with Crippen molar-refractivity contribution in [3.05, 3.63) is 33.9 Å². The van der Waals surface area contributed by atoms with Crippen LogP contribution in [0.1, 0.15) is 38.2 Å². The predicted octanol–water partition coefficient (Wildman–Crippen LogP) is 3.58. The van der Waals surface area contributed by atoms with Gasteiger partial charge >= 0.3 is 0 Å². The minimum absolute atomic E-state index is 0.159. The van der Waals surface area contributed by atoms with Crippen molar-refractivity contribution < 1.29 is 4.92 Å². The fourth-order valence-corrected chi connectivity index (χ4v) is 2.95. The average molecular weight is 291 g/mol. The van der Waals surface area contributed by atoms with Crippen LogP contribution in [0.2, 0.25) is 0 Å². The Hall–Kier alpha value is -1.62. The highest BCUT2D eigenvalue weighted by Gasteiger charge is 2.17. The van der Waals surface area contributed by atoms with Gasteiger partial charge in [-0.1, -0.05) is 12.5 Å². The lowest BCUT2D eigenvalue weighted by molar-refractivity contribution is -0.384. The van der Waals surface area contributed by atoms with E-state index in [0.717, 1.165) is 25.1 Å². The summed E-state index contributed by atoms with van der Waals surface area (Å²) < 4.78 is 0. The SMILES string of the molecule is Cc1ccc([N+](=O)[O-])c(NCCCN2CCCCC2C)c1. The zero-order valence-corrected chi connectivity index (χ0v) is 13.0. The Labute approximate surface area is 126 Å². The first-order valence-electron chi connectivity index (χ1n) is 7.81. The van der Waals surface area contributed by atoms with Gasteiger partial charge in [-0.25, -0.2) is 0 Å². The van der Waals surface area contributed by atoms with Gasteiger partial charge in [0.2, 0.25) is 0 Å². The minimum atomic E-state index is -0.325. The number of benzene rings is 1. The first-order chi connectivity index (χ1) is 10.1. The molecule has 1 saturated heterocycles. The van der Waals surface area contributed by atoms with Gasteiger partial charge in [-0.2, -0.15) is 0 Å². The summed E-state index contributed by atoms with van der Waals surface area (Å²) in [7, 11) is 0. The highest BCUT2D eigenvalue weighted by molar-refractivity contribution is 5.62. The van der Waals surface area contributed by atoms with Gasteiger partial charge in [-0.05, 0) is 51.3 Å². The van der Waals surface area contributed by atoms with Crippen LogP contribution in [-0.2, 0) is 0 Å². The Morgan fingerprint density at radius 3 is 2.95 bits per heavy atom. The Kier molecular flexibility index (Phi) is 5.56. The molecule has 1 heterocycles. The summed E-state index contributed by atoms with van der Waals surface area (Å²) in [5.74, 6) is 0. The van der Waals surface area contributed by atoms with Crippen LogP contribution in [0.3, 0.4) is 0 Å². The highest BCUT2D eigenvalue weighted by Crippen LogP contribution is 2.25. The maximum absolute atomic E-state index is 11.0. The van der Waals surface area contributed by atoms with Crippen molar-refractivity contribution in [3.63, 3.8) is 0 Å². The molecule has 0 amide bonds. The Morgan fingerprint density at radius 2 is 2.24 bits per heavy atom. The number of hydrogen-bond donors (Lipinski definition) is 1. The van der Waals surface area contributed by atoms with Crippen molar-refractivity contribution in [3.8, 4) is 0 Å². The summed E-state index contributed by atoms with van der Waals surface area (Å²) in [6.07, 6.45) is 4.93. The van der Waals surface area contributed by atoms with Crippen molar-refractivity contribution in [2.75, 3.05) is 25.0 Å². The van der Waals surface area contributed by atoms with Gasteiger partial charge in [0.25, 0.3) is 5.69 Å². The third kappa shape index (κ3) is 4.43. The second-order valence-electron chi connectivity index (χ2n) is 5.94. The first-order valence-corrected chi connectivity index (χ1v) is 7.81. The maximum Gasteiger partial charge on any atom is 0.292 e. The van der Waals surface area contributed by atoms with E-state index in [9.17, 15) is 10.1 Å². The lowest BCUT2D eigenvalue weighted by Gasteiger charge is -2.33. The number of piperidine rings is 1. The molecule has 0 saturated carbocycles. The summed E-state index contributed by atoms with van der Waals surface area (Å²) in [6.45, 7) is 7.26. The van der Waals surface area contributed by atoms with Crippen molar-refractivity contribution >= 4 is 11.4 Å². The molecule has 21 heavy (non-hydrogen) atoms. The smallest absolute Gasteiger partial charge is 0.292 e. The molecule has 5 nitrogen and oxygen atoms in total. The van der Waals surface area contributed by atoms with Gasteiger partial charge in [0.05, 0.1) is 4.92 Å². The predicted molar refractivity (Wildman–Crippen MR) is 85.8 cm³/mol. The molecule has 1 N–H and O–H groups in total. The van der Waals surface area contributed by atoms with Crippen LogP contribution in [0.15, 0.2) is 18.2 Å². The molecule has 1 unspecified atom stereocenters. The van der Waals surface area contributed by atoms with Gasteiger partial charge in [0, 0.05) is 25.2 Å². The monoisotopic (exact) mass is 291 g/mol. The van der Waals surface area contributed by atoms with E-state index in [4.69, 9.17) is 0 Å². The molecule has 0 aromatic heterocycles. The molecule has 1 atom stereocenters. The van der Waals surface area contributed by atoms with Gasteiger partial charge in [-0.15, -0.1) is 0 Å². The molecule has 2 rings (SSSR count). The second-order valence-corrected chi connectivity index (χ2v) is 5.94. The molecular formula is C16H25N3O2. The van der Waals surface area contributed by atoms with Crippen LogP contribution >= 0.6 is 0 Å². The van der Waals surface area contributed by atoms with Crippen molar-refractivity contribution in [2.45, 2.75) is 45.6 Å². The third-order valence-electron chi connectivity index (χ3n) is 4.23. The topological polar surface area (TPSA) is 58.4 Å². The molecule has 1 aromatic rings. The van der Waals surface area contributed by atoms with E-state index in [2.05, 4.69) is 17.1 Å². The Bertz CT molecular complexity index is 490. The standard InChI is InChI=1S/C16H25N3O2/c1-13-7-8-16(19(20)21)15(12-13)17-9-5-11-18-10-4-3-6-14(18)2/h7-8,12,14,17H,3-6,9-11H2,1-2H3. The summed E-state index contributed by atoms with van der Waals surface area (Å²) in [5, 5.41) is 14.2. The molecule has 116 valence electrons. The third-order valence-corrected chi connectivity index (χ3v) is 4.23. The zero-order valence-electron chi connectivity index (χ0n) is 13.0. The molecular weight excluding hydrogens is 266 g/mol. The number of rotatable bonds is 6. The number of aryl methyl sites for hydroxylation is 1. The van der Waals surface area contributed by atoms with E-state index in [-0.39, 0.29) is 10.6 Å². The fraction of sp³-hybridized carbons (Fsp3) is 0.625. The van der Waals surface area contributed by atoms with Gasteiger partial charge in [0.1, 0.15) is 5.69 Å². The van der Waals surface area contributed by atoms with Crippen molar-refractivity contribution in [2.24, 2.45) is 0 Å².